The number of piperidine rings is 1. The van der Waals surface area contributed by atoms with Crippen molar-refractivity contribution in [2.75, 3.05) is 39.0 Å². The number of rotatable bonds is 8. The normalized spacial score (nSPS) is 15.7. The van der Waals surface area contributed by atoms with Gasteiger partial charge in [0.05, 0.1) is 23.8 Å². The minimum atomic E-state index is -1.59. The molecule has 13 nitrogen and oxygen atoms in total. The van der Waals surface area contributed by atoms with Gasteiger partial charge in [0.2, 0.25) is 11.5 Å². The molecule has 4 amide bonds. The molecule has 2 aromatic carbocycles. The molecule has 2 aliphatic rings. The van der Waals surface area contributed by atoms with Crippen molar-refractivity contribution >= 4 is 52.9 Å². The van der Waals surface area contributed by atoms with Crippen molar-refractivity contribution in [3.8, 4) is 5.75 Å². The van der Waals surface area contributed by atoms with Gasteiger partial charge < -0.3 is 29.5 Å². The van der Waals surface area contributed by atoms with Gasteiger partial charge in [0.1, 0.15) is 5.75 Å². The third kappa shape index (κ3) is 9.80. The number of nitrogens with one attached hydrogen (secondary N) is 1. The van der Waals surface area contributed by atoms with E-state index < -0.39 is 29.7 Å². The summed E-state index contributed by atoms with van der Waals surface area (Å²) in [6.45, 7) is 4.75. The number of aryl methyl sites for hydroxylation is 2. The van der Waals surface area contributed by atoms with Crippen LogP contribution in [0.2, 0.25) is 0 Å². The van der Waals surface area contributed by atoms with Crippen LogP contribution in [0.3, 0.4) is 0 Å². The Morgan fingerprint density at radius 3 is 2.55 bits per heavy atom. The van der Waals surface area contributed by atoms with E-state index in [0.717, 1.165) is 23.9 Å². The number of aromatic hydroxyl groups is 1. The number of carbonyl (C=O) groups is 3. The quantitative estimate of drug-likeness (QED) is 0.249. The molecule has 47 heavy (non-hydrogen) atoms. The third-order valence-corrected chi connectivity index (χ3v) is 8.58. The van der Waals surface area contributed by atoms with Gasteiger partial charge in [0.25, 0.3) is 5.91 Å². The largest absolute Gasteiger partial charge is 0.571 e. The summed E-state index contributed by atoms with van der Waals surface area (Å²) in [5, 5.41) is 13.2. The maximum atomic E-state index is 13.3. The Bertz CT molecular complexity index is 1670. The molecule has 246 valence electrons. The van der Waals surface area contributed by atoms with Gasteiger partial charge in [-0.2, -0.15) is 9.98 Å². The highest BCUT2D eigenvalue weighted by molar-refractivity contribution is 7.87. The highest BCUT2D eigenvalue weighted by atomic mass is 32.2. The van der Waals surface area contributed by atoms with Crippen LogP contribution >= 0.6 is 0 Å². The summed E-state index contributed by atoms with van der Waals surface area (Å²) >= 11 is -1.59. The van der Waals surface area contributed by atoms with Gasteiger partial charge in [-0.3, -0.25) is 4.79 Å². The molecule has 0 radical (unpaired) electrons. The summed E-state index contributed by atoms with van der Waals surface area (Å²) in [5.41, 5.74) is 6.26. The molecule has 1 saturated heterocycles. The van der Waals surface area contributed by atoms with Crippen LogP contribution < -0.4 is 5.32 Å². The lowest BCUT2D eigenvalue weighted by atomic mass is 10.0. The summed E-state index contributed by atoms with van der Waals surface area (Å²) < 4.78 is 22.2. The number of likely N-dealkylation sites (tertiary alicyclic amines) is 1. The van der Waals surface area contributed by atoms with Crippen molar-refractivity contribution in [1.82, 2.24) is 14.1 Å². The first-order valence-corrected chi connectivity index (χ1v) is 16.1. The maximum absolute atomic E-state index is 13.3. The standard InChI is InChI=1S/C33H37N7O6S/c1-23-20-25(21-24(2)30(23)41)22-29(31(42)35-16-15-34-13-7-14-36-47(45)38(3)4)46-33(44)39-17-11-27(12-18-39)40-19-10-26-8-5-6-9-28(26)37-32(40)43/h5-6,8-9,13,20-21,27,29,41H,10-12,17-19,22H2,1-4H3,(H,37,43)/t29-,47?/m1/s1. The average Bonchev–Trinajstić information content (AvgIpc) is 3.22. The molecule has 0 spiro atoms. The van der Waals surface area contributed by atoms with E-state index in [2.05, 4.69) is 43.0 Å². The first kappa shape index (κ1) is 35.0. The van der Waals surface area contributed by atoms with E-state index in [9.17, 15) is 24.0 Å². The molecule has 0 aliphatic carbocycles. The molecule has 1 unspecified atom stereocenters. The molecule has 2 aromatic rings. The Morgan fingerprint density at radius 2 is 1.85 bits per heavy atom. The van der Waals surface area contributed by atoms with Gasteiger partial charge in [-0.1, -0.05) is 30.3 Å². The van der Waals surface area contributed by atoms with Crippen molar-refractivity contribution in [2.24, 2.45) is 14.4 Å². The first-order valence-electron chi connectivity index (χ1n) is 15.0. The van der Waals surface area contributed by atoms with Gasteiger partial charge >= 0.3 is 12.1 Å². The smallest absolute Gasteiger partial charge is 0.410 e. The molecule has 2 N–H and O–H groups in total. The molecule has 4 rings (SSSR count). The second-order valence-corrected chi connectivity index (χ2v) is 12.6. The van der Waals surface area contributed by atoms with Crippen LogP contribution in [0.4, 0.5) is 15.3 Å². The summed E-state index contributed by atoms with van der Waals surface area (Å²) in [6.07, 6.45) is 1.04. The number of ether oxygens (including phenoxy) is 1. The highest BCUT2D eigenvalue weighted by Gasteiger charge is 2.33. The van der Waals surface area contributed by atoms with E-state index in [1.54, 1.807) is 40.1 Å². The van der Waals surface area contributed by atoms with E-state index in [0.29, 0.717) is 49.2 Å². The first-order chi connectivity index (χ1) is 22.5. The number of carbonyl (C=O) groups excluding carboxylic acids is 3. The fourth-order valence-corrected chi connectivity index (χ4v) is 5.57. The SMILES string of the molecule is Cc1cc(C[C@@H](OC(=O)N2CCC(N3CCc4ccccc4NC3=O)CC2)C(=O)N=C=C=NC=C=C=N[S+]([O-])N(C)C)cc(C)c1O. The summed E-state index contributed by atoms with van der Waals surface area (Å²) in [4.78, 5) is 50.1. The average molecular weight is 660 g/mol. The molecular formula is C33H37N7O6S. The number of nitrogens with zero attached hydrogens (tertiary/aromatic N) is 6. The molecule has 2 atom stereocenters. The third-order valence-electron chi connectivity index (χ3n) is 7.71. The van der Waals surface area contributed by atoms with Crippen molar-refractivity contribution in [2.45, 2.75) is 51.7 Å². The fourth-order valence-electron chi connectivity index (χ4n) is 5.27. The number of benzene rings is 2. The highest BCUT2D eigenvalue weighted by Crippen LogP contribution is 2.26. The topological polar surface area (TPSA) is 163 Å². The molecule has 0 saturated carbocycles. The van der Waals surface area contributed by atoms with Crippen molar-refractivity contribution < 1.29 is 28.8 Å². The van der Waals surface area contributed by atoms with Crippen LogP contribution in [0.1, 0.15) is 35.1 Å². The Labute approximate surface area is 276 Å². The number of hydrogen-bond acceptors (Lipinski definition) is 9. The van der Waals surface area contributed by atoms with Crippen LogP contribution in [0.25, 0.3) is 0 Å². The Morgan fingerprint density at radius 1 is 1.15 bits per heavy atom. The lowest BCUT2D eigenvalue weighted by molar-refractivity contribution is -0.126. The van der Waals surface area contributed by atoms with E-state index in [-0.39, 0.29) is 24.2 Å². The number of phenolic OH excluding ortho intramolecular Hbond substituents is 1. The van der Waals surface area contributed by atoms with Crippen molar-refractivity contribution in [3.63, 3.8) is 0 Å². The van der Waals surface area contributed by atoms with Crippen LogP contribution in [0.5, 0.6) is 5.75 Å². The van der Waals surface area contributed by atoms with Gasteiger partial charge in [-0.25, -0.2) is 9.59 Å². The summed E-state index contributed by atoms with van der Waals surface area (Å²) in [5.74, 6) is 6.30. The van der Waals surface area contributed by atoms with E-state index in [1.165, 1.54) is 9.21 Å². The molecule has 14 heteroatoms. The number of urea groups is 1. The van der Waals surface area contributed by atoms with Gasteiger partial charge in [-0.05, 0) is 67.2 Å². The Balaban J connectivity index is 1.42. The van der Waals surface area contributed by atoms with Crippen LogP contribution in [0.15, 0.2) is 62.7 Å². The summed E-state index contributed by atoms with van der Waals surface area (Å²) in [6, 6.07) is 11.0. The molecule has 0 bridgehead atoms. The van der Waals surface area contributed by atoms with E-state index in [1.807, 2.05) is 29.2 Å². The molecular weight excluding hydrogens is 622 g/mol. The lowest BCUT2D eigenvalue weighted by Crippen LogP contribution is -2.50. The zero-order chi connectivity index (χ0) is 33.9. The number of fused-ring (bicyclic) bond motifs is 1. The number of anilines is 1. The number of amides is 4. The minimum absolute atomic E-state index is 0.0158. The fraction of sp³-hybridized carbons (Fsp3) is 0.394. The van der Waals surface area contributed by atoms with Gasteiger partial charge in [0, 0.05) is 56.3 Å². The summed E-state index contributed by atoms with van der Waals surface area (Å²) in [7, 11) is 3.18. The van der Waals surface area contributed by atoms with Crippen LogP contribution in [-0.4, -0.2) is 105 Å². The molecule has 0 aromatic heterocycles. The minimum Gasteiger partial charge on any atom is -0.571 e. The van der Waals surface area contributed by atoms with Gasteiger partial charge in [-0.15, -0.1) is 4.31 Å². The monoisotopic (exact) mass is 659 g/mol. The zero-order valence-corrected chi connectivity index (χ0v) is 27.5. The van der Waals surface area contributed by atoms with E-state index in [4.69, 9.17) is 4.74 Å². The maximum Gasteiger partial charge on any atom is 0.410 e. The number of hydrogen-bond donors (Lipinski definition) is 2. The van der Waals surface area contributed by atoms with Crippen molar-refractivity contribution in [3.05, 3.63) is 70.6 Å². The number of phenols is 1. The van der Waals surface area contributed by atoms with Crippen LogP contribution in [0, 0.1) is 13.8 Å². The molecule has 2 heterocycles. The molecule has 2 aliphatic heterocycles. The Kier molecular flexibility index (Phi) is 12.4. The van der Waals surface area contributed by atoms with E-state index >= 15 is 0 Å². The van der Waals surface area contributed by atoms with Crippen molar-refractivity contribution in [1.29, 1.82) is 0 Å². The number of aliphatic imine (C=N–C) groups is 2. The molecule has 1 fully saturated rings. The predicted octanol–water partition coefficient (Wildman–Crippen LogP) is 3.51. The Hall–Kier alpha value is -4.89. The lowest BCUT2D eigenvalue weighted by Gasteiger charge is -2.37. The second-order valence-electron chi connectivity index (χ2n) is 11.2. The van der Waals surface area contributed by atoms with Gasteiger partial charge in [0.15, 0.2) is 6.10 Å². The van der Waals surface area contributed by atoms with Crippen LogP contribution in [-0.2, 0) is 33.9 Å². The second kappa shape index (κ2) is 16.6. The zero-order valence-electron chi connectivity index (χ0n) is 26.7. The predicted molar refractivity (Wildman–Crippen MR) is 179 cm³/mol. The number of para-hydroxylation sites is 1.